The first kappa shape index (κ1) is 25.8. The van der Waals surface area contributed by atoms with Crippen LogP contribution in [0, 0.1) is 12.3 Å². The van der Waals surface area contributed by atoms with E-state index in [-0.39, 0.29) is 17.2 Å². The molecule has 0 aliphatic heterocycles. The second-order valence-electron chi connectivity index (χ2n) is 9.42. The Bertz CT molecular complexity index is 1260. The lowest BCUT2D eigenvalue weighted by Gasteiger charge is -2.23. The molecule has 4 rings (SSSR count). The van der Waals surface area contributed by atoms with Crippen molar-refractivity contribution in [2.24, 2.45) is 5.41 Å². The molecule has 2 atom stereocenters. The third-order valence-electron chi connectivity index (χ3n) is 6.87. The summed E-state index contributed by atoms with van der Waals surface area (Å²) in [6.45, 7) is 6.01. The van der Waals surface area contributed by atoms with E-state index in [1.54, 1.807) is 40.2 Å². The summed E-state index contributed by atoms with van der Waals surface area (Å²) in [5.74, 6) is 2.04. The third kappa shape index (κ3) is 5.28. The highest BCUT2D eigenvalue weighted by atomic mass is 19.4. The van der Waals surface area contributed by atoms with E-state index in [1.165, 1.54) is 6.07 Å². The number of methoxy groups -OCH3 is 2. The van der Waals surface area contributed by atoms with Crippen LogP contribution in [0.4, 0.5) is 24.7 Å². The maximum Gasteiger partial charge on any atom is 0.416 e. The monoisotopic (exact) mass is 504 g/mol. The summed E-state index contributed by atoms with van der Waals surface area (Å²) in [6.07, 6.45) is -2.40. The van der Waals surface area contributed by atoms with Crippen molar-refractivity contribution in [2.45, 2.75) is 51.9 Å². The van der Waals surface area contributed by atoms with Gasteiger partial charge < -0.3 is 25.3 Å². The van der Waals surface area contributed by atoms with Crippen LogP contribution in [0.15, 0.2) is 30.3 Å². The van der Waals surface area contributed by atoms with E-state index in [2.05, 4.69) is 15.3 Å². The molecule has 0 bridgehead atoms. The first-order valence-electron chi connectivity index (χ1n) is 11.7. The molecule has 7 nitrogen and oxygen atoms in total. The molecule has 0 unspecified atom stereocenters. The molecule has 0 radical (unpaired) electrons. The van der Waals surface area contributed by atoms with Crippen LogP contribution >= 0.6 is 0 Å². The van der Waals surface area contributed by atoms with E-state index < -0.39 is 17.8 Å². The molecule has 1 aliphatic rings. The third-order valence-corrected chi connectivity index (χ3v) is 6.87. The maximum atomic E-state index is 13.3. The summed E-state index contributed by atoms with van der Waals surface area (Å²) >= 11 is 0. The SMILES string of the molecule is COc1cc2nc(C)nc(N[C@H](C)c3cc(N)cc(C(F)(F)F)c3)c2cc1OCC1([C@@H](C)OC)CC1. The number of hydrogen-bond donors (Lipinski definition) is 2. The minimum Gasteiger partial charge on any atom is -0.493 e. The van der Waals surface area contributed by atoms with Crippen LogP contribution < -0.4 is 20.5 Å². The van der Waals surface area contributed by atoms with Crippen LogP contribution in [0.2, 0.25) is 0 Å². The molecule has 0 saturated heterocycles. The summed E-state index contributed by atoms with van der Waals surface area (Å²) in [6, 6.07) is 6.59. The lowest BCUT2D eigenvalue weighted by atomic mass is 10.0. The standard InChI is InChI=1S/C26H31F3N4O3/c1-14(17-8-18(26(27,28)29)10-19(30)9-17)31-24-20-11-23(36-13-25(6-7-25)15(2)34-4)22(35-5)12-21(20)32-16(3)33-24/h8-12,14-15H,6-7,13,30H2,1-5H3,(H,31,32,33)/t14-,15-/m1/s1. The number of anilines is 2. The van der Waals surface area contributed by atoms with E-state index >= 15 is 0 Å². The predicted molar refractivity (Wildman–Crippen MR) is 132 cm³/mol. The van der Waals surface area contributed by atoms with Gasteiger partial charge >= 0.3 is 6.18 Å². The van der Waals surface area contributed by atoms with Gasteiger partial charge in [-0.25, -0.2) is 9.97 Å². The van der Waals surface area contributed by atoms with Gasteiger partial charge in [-0.1, -0.05) is 0 Å². The zero-order valence-electron chi connectivity index (χ0n) is 21.0. The summed E-state index contributed by atoms with van der Waals surface area (Å²) in [5.41, 5.74) is 5.99. The molecule has 1 aliphatic carbocycles. The van der Waals surface area contributed by atoms with Gasteiger partial charge in [0.15, 0.2) is 11.5 Å². The topological polar surface area (TPSA) is 91.5 Å². The number of aromatic nitrogens is 2. The molecule has 0 spiro atoms. The van der Waals surface area contributed by atoms with Gasteiger partial charge in [-0.05, 0) is 63.4 Å². The first-order valence-corrected chi connectivity index (χ1v) is 11.7. The fourth-order valence-corrected chi connectivity index (χ4v) is 4.31. The van der Waals surface area contributed by atoms with E-state index in [9.17, 15) is 13.2 Å². The Morgan fingerprint density at radius 3 is 2.39 bits per heavy atom. The van der Waals surface area contributed by atoms with Crippen LogP contribution in [-0.2, 0) is 10.9 Å². The Kier molecular flexibility index (Phi) is 6.92. The van der Waals surface area contributed by atoms with Crippen molar-refractivity contribution in [1.29, 1.82) is 0 Å². The number of aryl methyl sites for hydroxylation is 1. The lowest BCUT2D eigenvalue weighted by Crippen LogP contribution is -2.27. The summed E-state index contributed by atoms with van der Waals surface area (Å²) < 4.78 is 57.2. The summed E-state index contributed by atoms with van der Waals surface area (Å²) in [4.78, 5) is 9.04. The van der Waals surface area contributed by atoms with Gasteiger partial charge in [0.25, 0.3) is 0 Å². The van der Waals surface area contributed by atoms with Gasteiger partial charge in [0, 0.05) is 29.7 Å². The maximum absolute atomic E-state index is 13.3. The van der Waals surface area contributed by atoms with Crippen molar-refractivity contribution in [3.8, 4) is 11.5 Å². The number of benzene rings is 2. The number of alkyl halides is 3. The number of nitrogen functional groups attached to an aromatic ring is 1. The largest absolute Gasteiger partial charge is 0.493 e. The summed E-state index contributed by atoms with van der Waals surface area (Å²) in [7, 11) is 3.25. The van der Waals surface area contributed by atoms with Crippen LogP contribution in [0.25, 0.3) is 10.9 Å². The lowest BCUT2D eigenvalue weighted by molar-refractivity contribution is -0.137. The fraction of sp³-hybridized carbons (Fsp3) is 0.462. The molecule has 3 N–H and O–H groups in total. The van der Waals surface area contributed by atoms with Gasteiger partial charge in [0.2, 0.25) is 0 Å². The van der Waals surface area contributed by atoms with Gasteiger partial charge in [-0.2, -0.15) is 13.2 Å². The highest BCUT2D eigenvalue weighted by molar-refractivity contribution is 5.92. The number of nitrogens with two attached hydrogens (primary N) is 1. The fourth-order valence-electron chi connectivity index (χ4n) is 4.31. The second-order valence-corrected chi connectivity index (χ2v) is 9.42. The Balaban J connectivity index is 1.67. The van der Waals surface area contributed by atoms with E-state index in [4.69, 9.17) is 19.9 Å². The van der Waals surface area contributed by atoms with Crippen LogP contribution in [-0.4, -0.2) is 36.9 Å². The molecule has 36 heavy (non-hydrogen) atoms. The average Bonchev–Trinajstić information content (AvgIpc) is 3.62. The molecule has 194 valence electrons. The molecular weight excluding hydrogens is 473 g/mol. The number of fused-ring (bicyclic) bond motifs is 1. The quantitative estimate of drug-likeness (QED) is 0.350. The molecule has 1 heterocycles. The van der Waals surface area contributed by atoms with Gasteiger partial charge in [0.1, 0.15) is 11.6 Å². The van der Waals surface area contributed by atoms with E-state index in [0.29, 0.717) is 46.2 Å². The molecule has 1 aromatic heterocycles. The zero-order chi connectivity index (χ0) is 26.3. The smallest absolute Gasteiger partial charge is 0.416 e. The zero-order valence-corrected chi connectivity index (χ0v) is 21.0. The number of ether oxygens (including phenoxy) is 3. The first-order chi connectivity index (χ1) is 17.0. The molecule has 1 saturated carbocycles. The number of rotatable bonds is 9. The Morgan fingerprint density at radius 1 is 1.06 bits per heavy atom. The van der Waals surface area contributed by atoms with Crippen molar-refractivity contribution < 1.29 is 27.4 Å². The molecule has 10 heteroatoms. The number of hydrogen-bond acceptors (Lipinski definition) is 7. The molecule has 0 amide bonds. The minimum absolute atomic E-state index is 0.0302. The second kappa shape index (κ2) is 9.65. The van der Waals surface area contributed by atoms with Crippen molar-refractivity contribution in [3.63, 3.8) is 0 Å². The van der Waals surface area contributed by atoms with Crippen molar-refractivity contribution in [1.82, 2.24) is 9.97 Å². The Morgan fingerprint density at radius 2 is 1.78 bits per heavy atom. The Labute approximate surface area is 208 Å². The van der Waals surface area contributed by atoms with Crippen molar-refractivity contribution in [3.05, 3.63) is 47.3 Å². The normalized spacial score (nSPS) is 16.4. The number of nitrogens with one attached hydrogen (secondary N) is 1. The average molecular weight is 505 g/mol. The molecule has 2 aromatic carbocycles. The van der Waals surface area contributed by atoms with Gasteiger partial charge in [-0.3, -0.25) is 0 Å². The van der Waals surface area contributed by atoms with Crippen molar-refractivity contribution in [2.75, 3.05) is 31.9 Å². The van der Waals surface area contributed by atoms with Gasteiger partial charge in [-0.15, -0.1) is 0 Å². The van der Waals surface area contributed by atoms with E-state index in [1.807, 2.05) is 6.92 Å². The van der Waals surface area contributed by atoms with Crippen LogP contribution in [0.3, 0.4) is 0 Å². The van der Waals surface area contributed by atoms with Gasteiger partial charge in [0.05, 0.1) is 36.9 Å². The molecule has 3 aromatic rings. The molecule has 1 fully saturated rings. The van der Waals surface area contributed by atoms with Crippen LogP contribution in [0.5, 0.6) is 11.5 Å². The summed E-state index contributed by atoms with van der Waals surface area (Å²) in [5, 5.41) is 3.89. The highest BCUT2D eigenvalue weighted by Crippen LogP contribution is 2.50. The Hall–Kier alpha value is -3.27. The molecular formula is C26H31F3N4O3. The highest BCUT2D eigenvalue weighted by Gasteiger charge is 2.48. The minimum atomic E-state index is -4.50. The van der Waals surface area contributed by atoms with E-state index in [0.717, 1.165) is 25.0 Å². The predicted octanol–water partition coefficient (Wildman–Crippen LogP) is 5.91. The van der Waals surface area contributed by atoms with Crippen molar-refractivity contribution >= 4 is 22.4 Å². The number of halogens is 3. The number of nitrogens with zero attached hydrogens (tertiary/aromatic N) is 2. The van der Waals surface area contributed by atoms with Crippen LogP contribution in [0.1, 0.15) is 49.7 Å².